The zero-order chi connectivity index (χ0) is 19.7. The van der Waals surface area contributed by atoms with Gasteiger partial charge in [-0.2, -0.15) is 13.9 Å². The maximum absolute atomic E-state index is 13.3. The summed E-state index contributed by atoms with van der Waals surface area (Å²) in [6.07, 6.45) is 0. The van der Waals surface area contributed by atoms with Crippen molar-refractivity contribution in [3.8, 4) is 6.07 Å². The molecule has 0 spiro atoms. The second-order valence-corrected chi connectivity index (χ2v) is 9.78. The Morgan fingerprint density at radius 3 is 1.78 bits per heavy atom. The number of nitriles is 1. The largest absolute Gasteiger partial charge is 0.243 e. The van der Waals surface area contributed by atoms with E-state index in [0.717, 1.165) is 16.4 Å². The van der Waals surface area contributed by atoms with Crippen molar-refractivity contribution in [3.63, 3.8) is 0 Å². The smallest absolute Gasteiger partial charge is 0.207 e. The van der Waals surface area contributed by atoms with Crippen LogP contribution in [0.1, 0.15) is 5.56 Å². The summed E-state index contributed by atoms with van der Waals surface area (Å²) in [7, 11) is -7.73. The highest BCUT2D eigenvalue weighted by atomic mass is 32.2. The number of rotatable bonds is 4. The molecule has 0 N–H and O–H groups in total. The van der Waals surface area contributed by atoms with Gasteiger partial charge in [0.1, 0.15) is 5.82 Å². The van der Waals surface area contributed by atoms with Gasteiger partial charge in [0.15, 0.2) is 0 Å². The van der Waals surface area contributed by atoms with Gasteiger partial charge in [-0.05, 0) is 36.4 Å². The molecule has 1 fully saturated rings. The fourth-order valence-corrected chi connectivity index (χ4v) is 5.72. The molecule has 0 aromatic heterocycles. The summed E-state index contributed by atoms with van der Waals surface area (Å²) in [5.41, 5.74) is 0.225. The van der Waals surface area contributed by atoms with Gasteiger partial charge in [0.25, 0.3) is 0 Å². The second-order valence-electron chi connectivity index (χ2n) is 5.91. The summed E-state index contributed by atoms with van der Waals surface area (Å²) in [6.45, 7) is -0.159. The molecule has 0 saturated carbocycles. The predicted octanol–water partition coefficient (Wildman–Crippen LogP) is 1.39. The van der Waals surface area contributed by atoms with Crippen LogP contribution in [0.5, 0.6) is 0 Å². The highest BCUT2D eigenvalue weighted by Crippen LogP contribution is 2.22. The van der Waals surface area contributed by atoms with Crippen LogP contribution in [0.25, 0.3) is 0 Å². The summed E-state index contributed by atoms with van der Waals surface area (Å²) in [5, 5.41) is 8.93. The lowest BCUT2D eigenvalue weighted by atomic mass is 10.2. The van der Waals surface area contributed by atoms with E-state index in [1.807, 2.05) is 6.07 Å². The van der Waals surface area contributed by atoms with Crippen LogP contribution < -0.4 is 0 Å². The molecule has 1 heterocycles. The molecule has 1 aliphatic rings. The van der Waals surface area contributed by atoms with Crippen molar-refractivity contribution in [3.05, 3.63) is 59.9 Å². The minimum atomic E-state index is -3.90. The van der Waals surface area contributed by atoms with Crippen LogP contribution in [0, 0.1) is 17.1 Å². The number of benzene rings is 2. The van der Waals surface area contributed by atoms with Gasteiger partial charge in [0, 0.05) is 26.2 Å². The van der Waals surface area contributed by atoms with Gasteiger partial charge in [0.2, 0.25) is 20.0 Å². The normalized spacial score (nSPS) is 16.7. The van der Waals surface area contributed by atoms with E-state index in [0.29, 0.717) is 0 Å². The van der Waals surface area contributed by atoms with E-state index in [1.165, 1.54) is 40.7 Å². The topological polar surface area (TPSA) is 98.5 Å². The van der Waals surface area contributed by atoms with Gasteiger partial charge in [-0.25, -0.2) is 21.2 Å². The number of piperazine rings is 1. The summed E-state index contributed by atoms with van der Waals surface area (Å²) >= 11 is 0. The molecule has 10 heteroatoms. The summed E-state index contributed by atoms with van der Waals surface area (Å²) in [6, 6.07) is 12.3. The van der Waals surface area contributed by atoms with Crippen LogP contribution in [0.4, 0.5) is 4.39 Å². The van der Waals surface area contributed by atoms with Crippen molar-refractivity contribution in [1.29, 1.82) is 5.26 Å². The van der Waals surface area contributed by atoms with E-state index in [-0.39, 0.29) is 41.5 Å². The predicted molar refractivity (Wildman–Crippen MR) is 95.1 cm³/mol. The number of hydrogen-bond acceptors (Lipinski definition) is 5. The Morgan fingerprint density at radius 2 is 1.30 bits per heavy atom. The molecular formula is C17H16FN3O4S2. The van der Waals surface area contributed by atoms with Gasteiger partial charge >= 0.3 is 0 Å². The van der Waals surface area contributed by atoms with E-state index < -0.39 is 25.9 Å². The molecular weight excluding hydrogens is 393 g/mol. The van der Waals surface area contributed by atoms with Crippen LogP contribution in [0.15, 0.2) is 58.3 Å². The first-order valence-electron chi connectivity index (χ1n) is 8.01. The van der Waals surface area contributed by atoms with Crippen molar-refractivity contribution in [2.45, 2.75) is 9.79 Å². The molecule has 3 rings (SSSR count). The molecule has 0 atom stereocenters. The van der Waals surface area contributed by atoms with Gasteiger partial charge in [-0.3, -0.25) is 0 Å². The van der Waals surface area contributed by atoms with Gasteiger partial charge < -0.3 is 0 Å². The molecule has 0 radical (unpaired) electrons. The summed E-state index contributed by atoms with van der Waals surface area (Å²) in [5.74, 6) is -0.658. The lowest BCUT2D eigenvalue weighted by Crippen LogP contribution is -2.50. The standard InChI is InChI=1S/C17H16FN3O4S2/c18-15-4-2-6-17(12-15)27(24,25)21-9-7-20(8-10-21)26(22,23)16-5-1-3-14(11-16)13-19/h1-6,11-12H,7-10H2. The van der Waals surface area contributed by atoms with Crippen LogP contribution in [0.3, 0.4) is 0 Å². The zero-order valence-electron chi connectivity index (χ0n) is 14.1. The van der Waals surface area contributed by atoms with Crippen molar-refractivity contribution in [2.75, 3.05) is 26.2 Å². The maximum atomic E-state index is 13.3. The highest BCUT2D eigenvalue weighted by molar-refractivity contribution is 7.89. The third-order valence-corrected chi connectivity index (χ3v) is 8.02. The van der Waals surface area contributed by atoms with Crippen LogP contribution in [0.2, 0.25) is 0 Å². The minimum Gasteiger partial charge on any atom is -0.207 e. The van der Waals surface area contributed by atoms with Crippen molar-refractivity contribution >= 4 is 20.0 Å². The Kier molecular flexibility index (Phi) is 5.30. The van der Waals surface area contributed by atoms with Crippen molar-refractivity contribution in [2.24, 2.45) is 0 Å². The maximum Gasteiger partial charge on any atom is 0.243 e. The number of nitrogens with zero attached hydrogens (tertiary/aromatic N) is 3. The lowest BCUT2D eigenvalue weighted by molar-refractivity contribution is 0.272. The molecule has 7 nitrogen and oxygen atoms in total. The minimum absolute atomic E-state index is 0.0111. The van der Waals surface area contributed by atoms with Crippen molar-refractivity contribution < 1.29 is 21.2 Å². The molecule has 27 heavy (non-hydrogen) atoms. The van der Waals surface area contributed by atoms with E-state index in [1.54, 1.807) is 0 Å². The fourth-order valence-electron chi connectivity index (χ4n) is 2.80. The first kappa shape index (κ1) is 19.4. The lowest BCUT2D eigenvalue weighted by Gasteiger charge is -2.33. The molecule has 2 aromatic carbocycles. The molecule has 1 saturated heterocycles. The monoisotopic (exact) mass is 409 g/mol. The molecule has 0 aliphatic carbocycles. The number of halogens is 1. The SMILES string of the molecule is N#Cc1cccc(S(=O)(=O)N2CCN(S(=O)(=O)c3cccc(F)c3)CC2)c1. The molecule has 0 unspecified atom stereocenters. The molecule has 2 aromatic rings. The third kappa shape index (κ3) is 3.86. The Balaban J connectivity index is 1.78. The summed E-state index contributed by atoms with van der Waals surface area (Å²) < 4.78 is 66.3. The average Bonchev–Trinajstić information content (AvgIpc) is 2.68. The Morgan fingerprint density at radius 1 is 0.815 bits per heavy atom. The Labute approximate surface area is 157 Å². The van der Waals surface area contributed by atoms with Crippen molar-refractivity contribution in [1.82, 2.24) is 8.61 Å². The Hall–Kier alpha value is -2.32. The molecule has 1 aliphatic heterocycles. The third-order valence-electron chi connectivity index (χ3n) is 4.23. The second kappa shape index (κ2) is 7.36. The quantitative estimate of drug-likeness (QED) is 0.760. The first-order valence-corrected chi connectivity index (χ1v) is 10.9. The number of sulfonamides is 2. The van der Waals surface area contributed by atoms with E-state index in [2.05, 4.69) is 0 Å². The zero-order valence-corrected chi connectivity index (χ0v) is 15.7. The van der Waals surface area contributed by atoms with Gasteiger partial charge in [-0.1, -0.05) is 12.1 Å². The van der Waals surface area contributed by atoms with Gasteiger partial charge in [0.05, 0.1) is 21.4 Å². The molecule has 0 bridgehead atoms. The van der Waals surface area contributed by atoms with E-state index >= 15 is 0 Å². The molecule has 142 valence electrons. The number of hydrogen-bond donors (Lipinski definition) is 0. The van der Waals surface area contributed by atoms with Crippen LogP contribution in [-0.4, -0.2) is 51.6 Å². The van der Waals surface area contributed by atoms with Gasteiger partial charge in [-0.15, -0.1) is 0 Å². The van der Waals surface area contributed by atoms with E-state index in [4.69, 9.17) is 5.26 Å². The first-order chi connectivity index (χ1) is 12.7. The van der Waals surface area contributed by atoms with E-state index in [9.17, 15) is 21.2 Å². The molecule has 0 amide bonds. The average molecular weight is 409 g/mol. The van der Waals surface area contributed by atoms with Crippen LogP contribution in [-0.2, 0) is 20.0 Å². The Bertz CT molecular complexity index is 1100. The highest BCUT2D eigenvalue weighted by Gasteiger charge is 2.33. The van der Waals surface area contributed by atoms with Crippen LogP contribution >= 0.6 is 0 Å². The fraction of sp³-hybridized carbons (Fsp3) is 0.235. The summed E-state index contributed by atoms with van der Waals surface area (Å²) in [4.78, 5) is -0.177.